The Morgan fingerprint density at radius 2 is 1.22 bits per heavy atom. The van der Waals surface area contributed by atoms with Gasteiger partial charge in [0.1, 0.15) is 54.4 Å². The summed E-state index contributed by atoms with van der Waals surface area (Å²) in [5.41, 5.74) is 23.5. The molecule has 1 aromatic heterocycles. The lowest BCUT2D eigenvalue weighted by Crippen LogP contribution is -2.61. The lowest BCUT2D eigenvalue weighted by molar-refractivity contribution is -0.143. The number of rotatable bonds is 40. The van der Waals surface area contributed by atoms with Gasteiger partial charge < -0.3 is 96.0 Å². The Morgan fingerprint density at radius 3 is 1.76 bits per heavy atom. The Labute approximate surface area is 510 Å². The molecule has 0 radical (unpaired) electrons. The molecule has 0 spiro atoms. The number of primary amides is 2. The fourth-order valence-corrected chi connectivity index (χ4v) is 9.45. The summed E-state index contributed by atoms with van der Waals surface area (Å²) in [5, 5.41) is 50.6. The molecule has 34 heteroatoms. The van der Waals surface area contributed by atoms with E-state index in [4.69, 9.17) is 22.9 Å². The molecule has 0 unspecified atom stereocenters. The van der Waals surface area contributed by atoms with Crippen LogP contribution in [0.25, 0.3) is 0 Å². The van der Waals surface area contributed by atoms with E-state index >= 15 is 0 Å². The van der Waals surface area contributed by atoms with Crippen molar-refractivity contribution in [3.8, 4) is 0 Å². The van der Waals surface area contributed by atoms with Crippen molar-refractivity contribution in [1.82, 2.24) is 62.7 Å². The highest BCUT2D eigenvalue weighted by molar-refractivity contribution is 7.98. The van der Waals surface area contributed by atoms with Crippen molar-refractivity contribution in [3.05, 3.63) is 54.1 Å². The maximum atomic E-state index is 14.1. The molecular weight excluding hydrogens is 1180 g/mol. The number of H-pyrrole nitrogens is 1. The number of nitrogens with zero attached hydrogens (tertiary/aromatic N) is 2. The van der Waals surface area contributed by atoms with Crippen molar-refractivity contribution in [3.63, 3.8) is 0 Å². The van der Waals surface area contributed by atoms with Crippen LogP contribution in [-0.2, 0) is 80.0 Å². The Hall–Kier alpha value is -8.76. The van der Waals surface area contributed by atoms with E-state index in [2.05, 4.69) is 57.8 Å². The monoisotopic (exact) mass is 1260 g/mol. The number of aliphatic hydroxyl groups excluding tert-OH is 1. The van der Waals surface area contributed by atoms with E-state index in [0.29, 0.717) is 31.4 Å². The summed E-state index contributed by atoms with van der Waals surface area (Å²) in [5.74, 6) is -15.7. The number of benzene rings is 1. The van der Waals surface area contributed by atoms with Crippen LogP contribution in [0.3, 0.4) is 0 Å². The van der Waals surface area contributed by atoms with Crippen LogP contribution in [0.15, 0.2) is 42.9 Å². The number of carbonyl (C=O) groups is 14. The minimum atomic E-state index is -2.08. The number of nitrogens with two attached hydrogens (primary N) is 4. The highest BCUT2D eigenvalue weighted by atomic mass is 32.2. The Morgan fingerprint density at radius 1 is 0.682 bits per heavy atom. The number of unbranched alkanes of at least 4 members (excludes halogenated alkanes) is 1. The Bertz CT molecular complexity index is 2740. The number of imidazole rings is 1. The second-order valence-electron chi connectivity index (χ2n) is 20.9. The summed E-state index contributed by atoms with van der Waals surface area (Å²) in [4.78, 5) is 193. The molecule has 88 heavy (non-hydrogen) atoms. The van der Waals surface area contributed by atoms with E-state index in [1.165, 1.54) is 29.2 Å². The van der Waals surface area contributed by atoms with E-state index in [0.717, 1.165) is 5.56 Å². The molecule has 2 heterocycles. The number of carboxylic acids is 2. The van der Waals surface area contributed by atoms with Crippen LogP contribution >= 0.6 is 11.8 Å². The summed E-state index contributed by atoms with van der Waals surface area (Å²) in [6.07, 6.45) is 2.64. The van der Waals surface area contributed by atoms with Crippen LogP contribution in [0.4, 0.5) is 0 Å². The van der Waals surface area contributed by atoms with E-state index in [1.807, 2.05) is 6.92 Å². The second kappa shape index (κ2) is 37.7. The van der Waals surface area contributed by atoms with Gasteiger partial charge in [-0.05, 0) is 68.6 Å². The normalized spacial score (nSPS) is 16.2. The van der Waals surface area contributed by atoms with Gasteiger partial charge in [0.05, 0.1) is 44.8 Å². The molecule has 1 aliphatic heterocycles. The molecule has 3 rings (SSSR count). The minimum Gasteiger partial charge on any atom is -0.481 e. The first-order valence-electron chi connectivity index (χ1n) is 28.3. The molecule has 12 amide bonds. The number of nitrogens with one attached hydrogen (secondary N) is 10. The predicted octanol–water partition coefficient (Wildman–Crippen LogP) is -6.26. The third kappa shape index (κ3) is 24.9. The first kappa shape index (κ1) is 73.5. The predicted molar refractivity (Wildman–Crippen MR) is 314 cm³/mol. The summed E-state index contributed by atoms with van der Waals surface area (Å²) >= 11 is 1.19. The van der Waals surface area contributed by atoms with E-state index in [1.54, 1.807) is 43.5 Å². The van der Waals surface area contributed by atoms with Gasteiger partial charge in [0.2, 0.25) is 70.9 Å². The van der Waals surface area contributed by atoms with Gasteiger partial charge in [-0.2, -0.15) is 11.8 Å². The molecule has 21 N–H and O–H groups in total. The van der Waals surface area contributed by atoms with Crippen molar-refractivity contribution in [2.45, 2.75) is 151 Å². The topological polar surface area (TPSA) is 544 Å². The zero-order valence-electron chi connectivity index (χ0n) is 49.1. The second-order valence-corrected chi connectivity index (χ2v) is 21.8. The van der Waals surface area contributed by atoms with Gasteiger partial charge in [0, 0.05) is 31.3 Å². The molecule has 2 aromatic rings. The standard InChI is InChI=1S/C54H82N16O17S/c1-4-28(2)44(58)52(84)68-37(19-29-11-6-5-7-12-29)53(85)70-17-10-14-39(70)51(83)60-25-42(74)62-34(21-40(56)72)47(79)63-31(15-18-88-3)45(77)67-36(23-43(75)76)49(81)66-35(22-41(57)73)48(80)69-38(26-71)50(82)65-33(20-30-24-59-27-61-30)46(78)64-32(54(86)87)13-8-9-16-55/h5-7,11-12,24,27-28,31-39,44,71H,4,8-10,13-23,25-26,55,58H2,1-3H3,(H2,56,72)(H2,57,73)(H,59,61)(H,60,83)(H,62,74)(H,63,79)(H,64,78)(H,65,82)(H,66,81)(H,67,77)(H,68,84)(H,69,80)(H,75,76)(H,86,87)/t28-,31-,32-,33-,34-,35-,36-,37-,38-,39-,44-/m0/s1. The van der Waals surface area contributed by atoms with Crippen molar-refractivity contribution in [2.75, 3.05) is 38.2 Å². The van der Waals surface area contributed by atoms with Crippen molar-refractivity contribution in [1.29, 1.82) is 0 Å². The lowest BCUT2D eigenvalue weighted by atomic mass is 9.98. The first-order valence-corrected chi connectivity index (χ1v) is 29.7. The third-order valence-corrected chi connectivity index (χ3v) is 14.7. The molecule has 0 bridgehead atoms. The summed E-state index contributed by atoms with van der Waals surface area (Å²) in [7, 11) is 0. The van der Waals surface area contributed by atoms with Crippen molar-refractivity contribution < 1.29 is 82.4 Å². The number of hydrogen-bond acceptors (Lipinski definition) is 19. The number of aliphatic carboxylic acids is 2. The lowest BCUT2D eigenvalue weighted by Gasteiger charge is -2.30. The maximum absolute atomic E-state index is 14.1. The van der Waals surface area contributed by atoms with Crippen LogP contribution < -0.4 is 70.8 Å². The van der Waals surface area contributed by atoms with Gasteiger partial charge in [-0.25, -0.2) is 9.78 Å². The zero-order valence-corrected chi connectivity index (χ0v) is 49.9. The number of carboxylic acid groups (broad SMARTS) is 2. The maximum Gasteiger partial charge on any atom is 0.326 e. The van der Waals surface area contributed by atoms with Gasteiger partial charge in [0.15, 0.2) is 0 Å². The Balaban J connectivity index is 1.76. The fourth-order valence-electron chi connectivity index (χ4n) is 8.98. The molecule has 11 atom stereocenters. The number of amides is 12. The number of likely N-dealkylation sites (tertiary alicyclic amines) is 1. The zero-order chi connectivity index (χ0) is 65.6. The van der Waals surface area contributed by atoms with Crippen LogP contribution in [0.2, 0.25) is 0 Å². The van der Waals surface area contributed by atoms with Crippen LogP contribution in [-0.4, -0.2) is 212 Å². The molecule has 486 valence electrons. The number of aromatic nitrogens is 2. The molecule has 1 aromatic carbocycles. The highest BCUT2D eigenvalue weighted by Gasteiger charge is 2.40. The first-order chi connectivity index (χ1) is 41.7. The number of aromatic amines is 1. The smallest absolute Gasteiger partial charge is 0.326 e. The van der Waals surface area contributed by atoms with Crippen molar-refractivity contribution >= 4 is 94.6 Å². The fraction of sp³-hybridized carbons (Fsp3) is 0.574. The van der Waals surface area contributed by atoms with Gasteiger partial charge in [-0.15, -0.1) is 0 Å². The molecule has 33 nitrogen and oxygen atoms in total. The van der Waals surface area contributed by atoms with Crippen LogP contribution in [0.1, 0.15) is 89.3 Å². The molecule has 0 saturated carbocycles. The van der Waals surface area contributed by atoms with E-state index < -0.39 is 176 Å². The number of hydrogen-bond donors (Lipinski definition) is 17. The summed E-state index contributed by atoms with van der Waals surface area (Å²) in [6, 6.07) is -6.69. The number of aliphatic hydroxyl groups is 1. The average molecular weight is 1260 g/mol. The third-order valence-electron chi connectivity index (χ3n) is 14.1. The number of carbonyl (C=O) groups excluding carboxylic acids is 12. The van der Waals surface area contributed by atoms with Gasteiger partial charge in [0.25, 0.3) is 0 Å². The van der Waals surface area contributed by atoms with Gasteiger partial charge >= 0.3 is 11.9 Å². The SMILES string of the molecule is CC[C@H](C)[C@H](N)C(=O)N[C@@H](Cc1ccccc1)C(=O)N1CCC[C@H]1C(=O)NCC(=O)N[C@@H](CC(N)=O)C(=O)N[C@@H](CCSC)C(=O)N[C@@H](CC(=O)O)C(=O)N[C@@H](CC(N)=O)C(=O)N[C@@H](CO)C(=O)N[C@@H](Cc1cnc[nH]1)C(=O)N[C@@H](CCCCN)C(=O)O. The van der Waals surface area contributed by atoms with Gasteiger partial charge in [-0.3, -0.25) is 62.3 Å². The Kier molecular flexibility index (Phi) is 31.5. The van der Waals surface area contributed by atoms with Gasteiger partial charge in [-0.1, -0.05) is 50.6 Å². The summed E-state index contributed by atoms with van der Waals surface area (Å²) in [6.45, 7) is 2.09. The average Bonchev–Trinajstić information content (AvgIpc) is 2.39. The highest BCUT2D eigenvalue weighted by Crippen LogP contribution is 2.21. The van der Waals surface area contributed by atoms with E-state index in [9.17, 15) is 82.4 Å². The largest absolute Gasteiger partial charge is 0.481 e. The van der Waals surface area contributed by atoms with Crippen LogP contribution in [0, 0.1) is 5.92 Å². The van der Waals surface area contributed by atoms with Crippen molar-refractivity contribution in [2.24, 2.45) is 28.9 Å². The van der Waals surface area contributed by atoms with Crippen LogP contribution in [0.5, 0.6) is 0 Å². The molecular formula is C54H82N16O17S. The molecule has 0 aliphatic carbocycles. The quantitative estimate of drug-likeness (QED) is 0.0276. The minimum absolute atomic E-state index is 0.0180. The van der Waals surface area contributed by atoms with E-state index in [-0.39, 0.29) is 56.9 Å². The molecule has 1 fully saturated rings. The summed E-state index contributed by atoms with van der Waals surface area (Å²) < 4.78 is 0. The molecule has 1 aliphatic rings. The number of thioether (sulfide) groups is 1. The molecule has 1 saturated heterocycles.